The fourth-order valence-electron chi connectivity index (χ4n) is 5.03. The Hall–Kier alpha value is -1.20. The minimum absolute atomic E-state index is 0.0310. The molecule has 3 aliphatic rings. The molecule has 2 saturated heterocycles. The molecule has 4 atom stereocenters. The van der Waals surface area contributed by atoms with E-state index in [0.717, 1.165) is 56.1 Å². The molecular formula is C22H35NO4. The fraction of sp³-hybridized carbons (Fsp3) is 0.818. The molecule has 2 N–H and O–H groups in total. The van der Waals surface area contributed by atoms with Crippen molar-refractivity contribution in [2.75, 3.05) is 0 Å². The lowest BCUT2D eigenvalue weighted by Crippen LogP contribution is -2.16. The summed E-state index contributed by atoms with van der Waals surface area (Å²) >= 11 is 0. The van der Waals surface area contributed by atoms with Crippen molar-refractivity contribution in [3.8, 4) is 11.8 Å². The molecule has 1 aromatic rings. The van der Waals surface area contributed by atoms with E-state index >= 15 is 0 Å². The third-order valence-corrected chi connectivity index (χ3v) is 7.11. The molecule has 0 bridgehead atoms. The van der Waals surface area contributed by atoms with Gasteiger partial charge in [0.05, 0.1) is 23.4 Å². The summed E-state index contributed by atoms with van der Waals surface area (Å²) in [5.41, 5.74) is 2.02. The van der Waals surface area contributed by atoms with Gasteiger partial charge in [0.25, 0.3) is 0 Å². The number of hydrogen-bond donors (Lipinski definition) is 2. The van der Waals surface area contributed by atoms with Crippen LogP contribution >= 0.6 is 0 Å². The van der Waals surface area contributed by atoms with Gasteiger partial charge in [-0.2, -0.15) is 0 Å². The Morgan fingerprint density at radius 2 is 1.67 bits per heavy atom. The lowest BCUT2D eigenvalue weighted by Gasteiger charge is -2.22. The first-order chi connectivity index (χ1) is 12.6. The Labute approximate surface area is 162 Å². The number of aromatic nitrogens is 1. The molecule has 1 aromatic heterocycles. The van der Waals surface area contributed by atoms with Crippen LogP contribution < -0.4 is 0 Å². The van der Waals surface area contributed by atoms with E-state index in [-0.39, 0.29) is 29.0 Å². The number of fused-ring (bicyclic) bond motifs is 1. The molecule has 0 amide bonds. The predicted octanol–water partition coefficient (Wildman–Crippen LogP) is 4.48. The minimum Gasteiger partial charge on any atom is -0.494 e. The molecule has 4 unspecified atom stereocenters. The molecule has 2 aliphatic heterocycles. The Balaban J connectivity index is 1.28. The quantitative estimate of drug-likeness (QED) is 0.687. The van der Waals surface area contributed by atoms with Crippen LogP contribution in [0.1, 0.15) is 83.9 Å². The number of nitrogens with zero attached hydrogens (tertiary/aromatic N) is 1. The van der Waals surface area contributed by atoms with E-state index in [4.69, 9.17) is 9.47 Å². The monoisotopic (exact) mass is 377 g/mol. The second-order valence-electron chi connectivity index (χ2n) is 9.92. The van der Waals surface area contributed by atoms with Crippen molar-refractivity contribution in [3.05, 3.63) is 11.1 Å². The highest BCUT2D eigenvalue weighted by molar-refractivity contribution is 5.47. The summed E-state index contributed by atoms with van der Waals surface area (Å²) in [6, 6.07) is 0.0649. The molecule has 3 heterocycles. The summed E-state index contributed by atoms with van der Waals surface area (Å²) < 4.78 is 13.4. The molecular weight excluding hydrogens is 342 g/mol. The van der Waals surface area contributed by atoms with Crippen molar-refractivity contribution in [1.82, 2.24) is 4.57 Å². The smallest absolute Gasteiger partial charge is 0.197 e. The highest BCUT2D eigenvalue weighted by Crippen LogP contribution is 2.48. The van der Waals surface area contributed by atoms with Crippen molar-refractivity contribution >= 4 is 0 Å². The molecule has 0 saturated carbocycles. The second-order valence-corrected chi connectivity index (χ2v) is 9.92. The van der Waals surface area contributed by atoms with Crippen LogP contribution in [-0.4, -0.2) is 38.2 Å². The van der Waals surface area contributed by atoms with Crippen LogP contribution in [0.2, 0.25) is 0 Å². The van der Waals surface area contributed by atoms with Gasteiger partial charge in [-0.05, 0) is 85.5 Å². The summed E-state index contributed by atoms with van der Waals surface area (Å²) in [5.74, 6) is 1.09. The average Bonchev–Trinajstić information content (AvgIpc) is 3.41. The number of rotatable bonds is 7. The number of epoxide rings is 2. The maximum Gasteiger partial charge on any atom is 0.197 e. The van der Waals surface area contributed by atoms with Gasteiger partial charge in [-0.1, -0.05) is 0 Å². The predicted molar refractivity (Wildman–Crippen MR) is 104 cm³/mol. The minimum atomic E-state index is 0.0310. The molecule has 152 valence electrons. The van der Waals surface area contributed by atoms with Crippen molar-refractivity contribution in [3.63, 3.8) is 0 Å². The average molecular weight is 378 g/mol. The molecule has 27 heavy (non-hydrogen) atoms. The zero-order valence-electron chi connectivity index (χ0n) is 17.4. The fourth-order valence-corrected chi connectivity index (χ4v) is 5.03. The van der Waals surface area contributed by atoms with Crippen molar-refractivity contribution in [2.24, 2.45) is 5.92 Å². The summed E-state index contributed by atoms with van der Waals surface area (Å²) in [7, 11) is 0. The van der Waals surface area contributed by atoms with Gasteiger partial charge in [-0.25, -0.2) is 0 Å². The largest absolute Gasteiger partial charge is 0.494 e. The molecule has 5 nitrogen and oxygen atoms in total. The van der Waals surface area contributed by atoms with Crippen molar-refractivity contribution < 1.29 is 19.7 Å². The SMILES string of the molecule is CC(C)n1c(O)c2c(c1O)CC(CCC1OC1(C)CCC1OC1(C)C)CC2. The van der Waals surface area contributed by atoms with Gasteiger partial charge < -0.3 is 19.7 Å². The maximum atomic E-state index is 10.6. The van der Waals surface area contributed by atoms with E-state index in [9.17, 15) is 10.2 Å². The third kappa shape index (κ3) is 3.49. The highest BCUT2D eigenvalue weighted by Gasteiger charge is 2.54. The van der Waals surface area contributed by atoms with Gasteiger partial charge in [0.15, 0.2) is 11.8 Å². The molecule has 0 radical (unpaired) electrons. The van der Waals surface area contributed by atoms with Gasteiger partial charge >= 0.3 is 0 Å². The second kappa shape index (κ2) is 6.41. The van der Waals surface area contributed by atoms with Gasteiger partial charge in [-0.3, -0.25) is 4.57 Å². The zero-order chi connectivity index (χ0) is 19.6. The van der Waals surface area contributed by atoms with Crippen LogP contribution in [0.25, 0.3) is 0 Å². The van der Waals surface area contributed by atoms with Gasteiger partial charge in [0.1, 0.15) is 0 Å². The maximum absolute atomic E-state index is 10.6. The van der Waals surface area contributed by atoms with E-state index in [1.807, 2.05) is 13.8 Å². The summed E-state index contributed by atoms with van der Waals surface area (Å²) in [4.78, 5) is 0. The van der Waals surface area contributed by atoms with Gasteiger partial charge in [0.2, 0.25) is 0 Å². The van der Waals surface area contributed by atoms with Crippen molar-refractivity contribution in [2.45, 2.75) is 109 Å². The first-order valence-electron chi connectivity index (χ1n) is 10.6. The van der Waals surface area contributed by atoms with E-state index in [1.165, 1.54) is 0 Å². The van der Waals surface area contributed by atoms with Gasteiger partial charge in [-0.15, -0.1) is 0 Å². The standard InChI is InChI=1S/C22H35NO4/c1-13(2)23-19(24)15-8-6-14(12-16(15)20(23)25)7-9-18-22(5,27-18)11-10-17-21(3,4)26-17/h13-14,17-18,24-25H,6-12H2,1-5H3. The van der Waals surface area contributed by atoms with E-state index in [2.05, 4.69) is 20.8 Å². The first-order valence-corrected chi connectivity index (χ1v) is 10.6. The molecule has 1 aliphatic carbocycles. The molecule has 5 heteroatoms. The molecule has 0 aromatic carbocycles. The zero-order valence-corrected chi connectivity index (χ0v) is 17.4. The van der Waals surface area contributed by atoms with Crippen LogP contribution in [0.5, 0.6) is 11.8 Å². The first kappa shape index (κ1) is 19.1. The number of ether oxygens (including phenoxy) is 2. The summed E-state index contributed by atoms with van der Waals surface area (Å²) in [6.45, 7) is 10.5. The summed E-state index contributed by atoms with van der Waals surface area (Å²) in [6.07, 6.45) is 7.93. The van der Waals surface area contributed by atoms with E-state index in [0.29, 0.717) is 18.1 Å². The van der Waals surface area contributed by atoms with Crippen molar-refractivity contribution in [1.29, 1.82) is 0 Å². The molecule has 0 spiro atoms. The molecule has 4 rings (SSSR count). The Morgan fingerprint density at radius 3 is 2.30 bits per heavy atom. The Morgan fingerprint density at radius 1 is 1.00 bits per heavy atom. The highest BCUT2D eigenvalue weighted by atomic mass is 16.6. The topological polar surface area (TPSA) is 70.5 Å². The Bertz CT molecular complexity index is 722. The Kier molecular flexibility index (Phi) is 4.54. The number of hydrogen-bond acceptors (Lipinski definition) is 4. The van der Waals surface area contributed by atoms with Gasteiger partial charge in [0, 0.05) is 17.2 Å². The van der Waals surface area contributed by atoms with Crippen LogP contribution in [0.3, 0.4) is 0 Å². The normalized spacial score (nSPS) is 33.9. The van der Waals surface area contributed by atoms with E-state index in [1.54, 1.807) is 4.57 Å². The van der Waals surface area contributed by atoms with Crippen LogP contribution in [0.15, 0.2) is 0 Å². The summed E-state index contributed by atoms with van der Waals surface area (Å²) in [5, 5.41) is 21.0. The van der Waals surface area contributed by atoms with Crippen LogP contribution in [0.4, 0.5) is 0 Å². The third-order valence-electron chi connectivity index (χ3n) is 7.11. The van der Waals surface area contributed by atoms with E-state index < -0.39 is 0 Å². The lowest BCUT2D eigenvalue weighted by atomic mass is 9.82. The van der Waals surface area contributed by atoms with Crippen LogP contribution in [-0.2, 0) is 22.3 Å². The lowest BCUT2D eigenvalue weighted by molar-refractivity contribution is 0.272. The number of aromatic hydroxyl groups is 2. The molecule has 2 fully saturated rings. The van der Waals surface area contributed by atoms with Crippen LogP contribution in [0, 0.1) is 5.92 Å².